The molecule has 1 atom stereocenters. The third-order valence-electron chi connectivity index (χ3n) is 4.43. The first kappa shape index (κ1) is 21.2. The van der Waals surface area contributed by atoms with E-state index in [2.05, 4.69) is 10.3 Å². The topological polar surface area (TPSA) is 89.9 Å². The van der Waals surface area contributed by atoms with Crippen LogP contribution in [0.2, 0.25) is 0 Å². The molecule has 148 valence electrons. The number of anilines is 1. The second-order valence-corrected chi connectivity index (χ2v) is 8.65. The quantitative estimate of drug-likeness (QED) is 0.643. The zero-order valence-corrected chi connectivity index (χ0v) is 17.5. The lowest BCUT2D eigenvalue weighted by atomic mass is 10.0. The summed E-state index contributed by atoms with van der Waals surface area (Å²) in [5, 5.41) is 13.5. The number of ether oxygens (including phenoxy) is 1. The SMILES string of the molecule is COc1cc(C(CP(=O)(OC)OC)Nc2ccc(C)nc2C)cc(C)c1O. The van der Waals surface area contributed by atoms with Crippen LogP contribution in [0.15, 0.2) is 24.3 Å². The third kappa shape index (κ3) is 5.01. The molecule has 0 radical (unpaired) electrons. The minimum absolute atomic E-state index is 0.0786. The second kappa shape index (κ2) is 8.74. The largest absolute Gasteiger partial charge is 0.504 e. The molecule has 0 saturated heterocycles. The summed E-state index contributed by atoms with van der Waals surface area (Å²) in [6, 6.07) is 6.96. The fourth-order valence-corrected chi connectivity index (χ4v) is 4.04. The van der Waals surface area contributed by atoms with E-state index in [0.29, 0.717) is 11.3 Å². The highest BCUT2D eigenvalue weighted by atomic mass is 31.2. The van der Waals surface area contributed by atoms with E-state index in [1.54, 1.807) is 13.0 Å². The Morgan fingerprint density at radius 2 is 1.81 bits per heavy atom. The molecule has 0 saturated carbocycles. The standard InChI is InChI=1S/C19H27N2O5P/c1-12-9-15(10-18(24-4)19(12)22)17(11-27(23,25-5)26-6)21-16-8-7-13(2)20-14(16)3/h7-10,17,21-22H,11H2,1-6H3. The van der Waals surface area contributed by atoms with Gasteiger partial charge in [0.05, 0.1) is 30.7 Å². The number of aromatic hydroxyl groups is 1. The Labute approximate surface area is 160 Å². The van der Waals surface area contributed by atoms with Crippen molar-refractivity contribution >= 4 is 13.3 Å². The number of nitrogens with one attached hydrogen (secondary N) is 1. The molecule has 2 rings (SSSR count). The summed E-state index contributed by atoms with van der Waals surface area (Å²) in [5.41, 5.74) is 3.99. The smallest absolute Gasteiger partial charge is 0.332 e. The van der Waals surface area contributed by atoms with E-state index in [0.717, 1.165) is 22.6 Å². The number of nitrogens with zero attached hydrogens (tertiary/aromatic N) is 1. The Morgan fingerprint density at radius 3 is 2.37 bits per heavy atom. The molecule has 1 unspecified atom stereocenters. The fraction of sp³-hybridized carbons (Fsp3) is 0.421. The van der Waals surface area contributed by atoms with E-state index in [1.165, 1.54) is 21.3 Å². The molecule has 0 amide bonds. The summed E-state index contributed by atoms with van der Waals surface area (Å²) in [6.07, 6.45) is 0.0979. The molecule has 1 heterocycles. The van der Waals surface area contributed by atoms with Crippen molar-refractivity contribution in [2.24, 2.45) is 0 Å². The maximum Gasteiger partial charge on any atom is 0.332 e. The van der Waals surface area contributed by atoms with Gasteiger partial charge in [0.2, 0.25) is 0 Å². The average Bonchev–Trinajstić information content (AvgIpc) is 2.65. The zero-order chi connectivity index (χ0) is 20.2. The van der Waals surface area contributed by atoms with Gasteiger partial charge in [-0.05, 0) is 50.1 Å². The van der Waals surface area contributed by atoms with Crippen molar-refractivity contribution in [1.82, 2.24) is 4.98 Å². The molecule has 2 N–H and O–H groups in total. The number of hydrogen-bond donors (Lipinski definition) is 2. The molecule has 27 heavy (non-hydrogen) atoms. The van der Waals surface area contributed by atoms with Crippen LogP contribution in [0.3, 0.4) is 0 Å². The van der Waals surface area contributed by atoms with Crippen molar-refractivity contribution in [2.75, 3.05) is 32.8 Å². The van der Waals surface area contributed by atoms with E-state index < -0.39 is 13.6 Å². The molecular weight excluding hydrogens is 367 g/mol. The van der Waals surface area contributed by atoms with Crippen molar-refractivity contribution in [3.8, 4) is 11.5 Å². The van der Waals surface area contributed by atoms with Crippen LogP contribution in [0.1, 0.15) is 28.6 Å². The number of aromatic nitrogens is 1. The average molecular weight is 394 g/mol. The number of aryl methyl sites for hydroxylation is 3. The van der Waals surface area contributed by atoms with Gasteiger partial charge in [-0.15, -0.1) is 0 Å². The van der Waals surface area contributed by atoms with Crippen LogP contribution in [0.5, 0.6) is 11.5 Å². The van der Waals surface area contributed by atoms with Crippen LogP contribution in [-0.4, -0.2) is 37.6 Å². The fourth-order valence-electron chi connectivity index (χ4n) is 2.84. The number of rotatable bonds is 8. The minimum atomic E-state index is -3.30. The summed E-state index contributed by atoms with van der Waals surface area (Å²) in [6.45, 7) is 5.61. The molecule has 1 aromatic carbocycles. The van der Waals surface area contributed by atoms with Crippen molar-refractivity contribution in [3.05, 3.63) is 46.8 Å². The Kier molecular flexibility index (Phi) is 6.87. The molecule has 0 aliphatic rings. The lowest BCUT2D eigenvalue weighted by molar-refractivity contribution is 0.274. The van der Waals surface area contributed by atoms with Crippen LogP contribution in [-0.2, 0) is 13.6 Å². The monoisotopic (exact) mass is 394 g/mol. The van der Waals surface area contributed by atoms with E-state index in [1.807, 2.05) is 32.0 Å². The van der Waals surface area contributed by atoms with Crippen LogP contribution in [0, 0.1) is 20.8 Å². The first-order valence-corrected chi connectivity index (χ1v) is 10.2. The first-order valence-electron chi connectivity index (χ1n) is 8.51. The molecule has 0 spiro atoms. The molecular formula is C19H27N2O5P. The van der Waals surface area contributed by atoms with E-state index >= 15 is 0 Å². The molecule has 0 aliphatic carbocycles. The summed E-state index contributed by atoms with van der Waals surface area (Å²) in [7, 11) is 0.916. The highest BCUT2D eigenvalue weighted by Crippen LogP contribution is 2.50. The summed E-state index contributed by atoms with van der Waals surface area (Å²) in [5.74, 6) is 0.426. The molecule has 0 aliphatic heterocycles. The van der Waals surface area contributed by atoms with Crippen LogP contribution < -0.4 is 10.1 Å². The predicted molar refractivity (Wildman–Crippen MR) is 106 cm³/mol. The van der Waals surface area contributed by atoms with Gasteiger partial charge in [0.1, 0.15) is 0 Å². The Hall–Kier alpha value is -2.08. The van der Waals surface area contributed by atoms with Gasteiger partial charge >= 0.3 is 7.60 Å². The molecule has 2 aromatic rings. The lowest BCUT2D eigenvalue weighted by Gasteiger charge is -2.25. The Bertz CT molecular complexity index is 848. The summed E-state index contributed by atoms with van der Waals surface area (Å²) >= 11 is 0. The van der Waals surface area contributed by atoms with E-state index in [4.69, 9.17) is 13.8 Å². The number of hydrogen-bond acceptors (Lipinski definition) is 7. The van der Waals surface area contributed by atoms with Crippen molar-refractivity contribution in [2.45, 2.75) is 26.8 Å². The third-order valence-corrected chi connectivity index (χ3v) is 6.35. The highest BCUT2D eigenvalue weighted by molar-refractivity contribution is 7.53. The predicted octanol–water partition coefficient (Wildman–Crippen LogP) is 4.36. The molecule has 0 bridgehead atoms. The number of methoxy groups -OCH3 is 1. The van der Waals surface area contributed by atoms with Gasteiger partial charge in [-0.3, -0.25) is 9.55 Å². The normalized spacial score (nSPS) is 12.7. The van der Waals surface area contributed by atoms with Gasteiger partial charge in [0.15, 0.2) is 11.5 Å². The number of pyridine rings is 1. The van der Waals surface area contributed by atoms with Gasteiger partial charge in [0.25, 0.3) is 0 Å². The number of benzene rings is 1. The second-order valence-electron chi connectivity index (χ2n) is 6.33. The molecule has 7 nitrogen and oxygen atoms in total. The van der Waals surface area contributed by atoms with E-state index in [-0.39, 0.29) is 11.9 Å². The lowest BCUT2D eigenvalue weighted by Crippen LogP contribution is -2.18. The van der Waals surface area contributed by atoms with Crippen LogP contribution in [0.25, 0.3) is 0 Å². The Morgan fingerprint density at radius 1 is 1.15 bits per heavy atom. The van der Waals surface area contributed by atoms with Gasteiger partial charge in [-0.25, -0.2) is 0 Å². The molecule has 0 fully saturated rings. The molecule has 1 aromatic heterocycles. The zero-order valence-electron chi connectivity index (χ0n) is 16.6. The summed E-state index contributed by atoms with van der Waals surface area (Å²) in [4.78, 5) is 4.46. The van der Waals surface area contributed by atoms with Crippen molar-refractivity contribution in [3.63, 3.8) is 0 Å². The van der Waals surface area contributed by atoms with Crippen molar-refractivity contribution < 1.29 is 23.5 Å². The highest BCUT2D eigenvalue weighted by Gasteiger charge is 2.29. The minimum Gasteiger partial charge on any atom is -0.504 e. The first-order chi connectivity index (χ1) is 12.7. The maximum atomic E-state index is 12.8. The van der Waals surface area contributed by atoms with E-state index in [9.17, 15) is 9.67 Å². The maximum absolute atomic E-state index is 12.8. The van der Waals surface area contributed by atoms with Gasteiger partial charge in [-0.1, -0.05) is 6.07 Å². The summed E-state index contributed by atoms with van der Waals surface area (Å²) < 4.78 is 28.3. The van der Waals surface area contributed by atoms with Crippen molar-refractivity contribution in [1.29, 1.82) is 0 Å². The van der Waals surface area contributed by atoms with Gasteiger partial charge in [0, 0.05) is 19.9 Å². The van der Waals surface area contributed by atoms with Gasteiger partial charge in [-0.2, -0.15) is 0 Å². The van der Waals surface area contributed by atoms with Crippen LogP contribution in [0.4, 0.5) is 5.69 Å². The van der Waals surface area contributed by atoms with Crippen LogP contribution >= 0.6 is 7.60 Å². The molecule has 8 heteroatoms. The Balaban J connectivity index is 2.49. The van der Waals surface area contributed by atoms with Gasteiger partial charge < -0.3 is 24.2 Å². The number of phenols is 1. The number of phenolic OH excluding ortho intramolecular Hbond substituents is 1.